The first-order valence-electron chi connectivity index (χ1n) is 7.32. The maximum atomic E-state index is 12.2. The van der Waals surface area contributed by atoms with Crippen LogP contribution in [0.5, 0.6) is 0 Å². The van der Waals surface area contributed by atoms with Crippen LogP contribution in [0.2, 0.25) is 0 Å². The second kappa shape index (κ2) is 5.73. The van der Waals surface area contributed by atoms with E-state index >= 15 is 0 Å². The van der Waals surface area contributed by atoms with Crippen LogP contribution < -0.4 is 5.32 Å². The number of rotatable bonds is 4. The van der Waals surface area contributed by atoms with E-state index in [0.717, 1.165) is 13.0 Å². The molecule has 1 atom stereocenters. The number of nitrogens with zero attached hydrogens (tertiary/aromatic N) is 3. The highest BCUT2D eigenvalue weighted by Gasteiger charge is 2.19. The van der Waals surface area contributed by atoms with Gasteiger partial charge < -0.3 is 14.5 Å². The molecular formula is C15H15N5O3. The Kier molecular flexibility index (Phi) is 3.43. The molecule has 0 radical (unpaired) electrons. The lowest BCUT2D eigenvalue weighted by molar-refractivity contribution is 0.102. The molecule has 3 aromatic rings. The molecule has 3 aromatic heterocycles. The van der Waals surface area contributed by atoms with E-state index in [2.05, 4.69) is 20.6 Å². The number of nitrogens with one attached hydrogen (secondary N) is 2. The summed E-state index contributed by atoms with van der Waals surface area (Å²) in [6.07, 6.45) is 5.92. The predicted octanol–water partition coefficient (Wildman–Crippen LogP) is 2.08. The van der Waals surface area contributed by atoms with Crippen LogP contribution in [0.4, 0.5) is 5.69 Å². The number of aromatic nitrogens is 4. The van der Waals surface area contributed by atoms with Gasteiger partial charge in [0.1, 0.15) is 5.69 Å². The van der Waals surface area contributed by atoms with Crippen molar-refractivity contribution in [1.82, 2.24) is 20.0 Å². The lowest BCUT2D eigenvalue weighted by Crippen LogP contribution is -2.12. The molecule has 8 heteroatoms. The fourth-order valence-electron chi connectivity index (χ4n) is 2.52. The number of hydrogen-bond acceptors (Lipinski definition) is 5. The van der Waals surface area contributed by atoms with Gasteiger partial charge in [0.05, 0.1) is 30.8 Å². The molecule has 118 valence electrons. The fourth-order valence-corrected chi connectivity index (χ4v) is 2.52. The molecule has 2 N–H and O–H groups in total. The van der Waals surface area contributed by atoms with E-state index in [4.69, 9.17) is 9.15 Å². The Morgan fingerprint density at radius 1 is 1.48 bits per heavy atom. The largest absolute Gasteiger partial charge is 0.463 e. The van der Waals surface area contributed by atoms with Crippen molar-refractivity contribution in [3.63, 3.8) is 0 Å². The number of amides is 1. The van der Waals surface area contributed by atoms with Gasteiger partial charge in [0, 0.05) is 18.9 Å². The molecule has 4 heterocycles. The zero-order valence-corrected chi connectivity index (χ0v) is 12.2. The highest BCUT2D eigenvalue weighted by atomic mass is 16.5. The summed E-state index contributed by atoms with van der Waals surface area (Å²) in [5.41, 5.74) is 1.57. The number of carbonyl (C=O) groups is 1. The lowest BCUT2D eigenvalue weighted by atomic mass is 10.3. The normalized spacial score (nSPS) is 17.5. The summed E-state index contributed by atoms with van der Waals surface area (Å²) in [4.78, 5) is 12.2. The van der Waals surface area contributed by atoms with Gasteiger partial charge in [0.15, 0.2) is 11.5 Å². The number of H-pyrrole nitrogens is 1. The second-order valence-corrected chi connectivity index (χ2v) is 5.32. The Morgan fingerprint density at radius 2 is 2.43 bits per heavy atom. The molecule has 1 aliphatic rings. The zero-order valence-electron chi connectivity index (χ0n) is 12.2. The minimum Gasteiger partial charge on any atom is -0.463 e. The third-order valence-corrected chi connectivity index (χ3v) is 3.74. The van der Waals surface area contributed by atoms with E-state index < -0.39 is 0 Å². The highest BCUT2D eigenvalue weighted by Crippen LogP contribution is 2.21. The predicted molar refractivity (Wildman–Crippen MR) is 80.9 cm³/mol. The monoisotopic (exact) mass is 313 g/mol. The van der Waals surface area contributed by atoms with E-state index in [1.165, 1.54) is 0 Å². The van der Waals surface area contributed by atoms with Crippen molar-refractivity contribution in [2.24, 2.45) is 0 Å². The molecule has 0 aliphatic carbocycles. The molecule has 1 amide bonds. The van der Waals surface area contributed by atoms with Gasteiger partial charge in [-0.3, -0.25) is 14.6 Å². The minimum atomic E-state index is -0.304. The first-order valence-corrected chi connectivity index (χ1v) is 7.32. The number of furan rings is 1. The fraction of sp³-hybridized carbons (Fsp3) is 0.267. The van der Waals surface area contributed by atoms with Crippen molar-refractivity contribution >= 4 is 11.6 Å². The van der Waals surface area contributed by atoms with E-state index in [1.54, 1.807) is 36.9 Å². The van der Waals surface area contributed by atoms with Crippen molar-refractivity contribution in [2.75, 3.05) is 18.5 Å². The topological polar surface area (TPSA) is 98.0 Å². The molecule has 0 bridgehead atoms. The summed E-state index contributed by atoms with van der Waals surface area (Å²) >= 11 is 0. The molecule has 0 aromatic carbocycles. The molecule has 1 saturated heterocycles. The smallest absolute Gasteiger partial charge is 0.276 e. The van der Waals surface area contributed by atoms with Crippen molar-refractivity contribution in [2.45, 2.75) is 12.5 Å². The minimum absolute atomic E-state index is 0.233. The molecular weight excluding hydrogens is 298 g/mol. The van der Waals surface area contributed by atoms with Gasteiger partial charge in [-0.05, 0) is 18.6 Å². The summed E-state index contributed by atoms with van der Waals surface area (Å²) in [6, 6.07) is 5.44. The van der Waals surface area contributed by atoms with Crippen LogP contribution in [0, 0.1) is 0 Å². The molecule has 1 fully saturated rings. The Morgan fingerprint density at radius 3 is 3.22 bits per heavy atom. The molecule has 0 spiro atoms. The van der Waals surface area contributed by atoms with Crippen LogP contribution in [-0.2, 0) is 4.74 Å². The summed E-state index contributed by atoms with van der Waals surface area (Å²) in [5.74, 6) is 0.326. The Hall–Kier alpha value is -2.87. The molecule has 23 heavy (non-hydrogen) atoms. The van der Waals surface area contributed by atoms with E-state index in [0.29, 0.717) is 23.7 Å². The lowest BCUT2D eigenvalue weighted by Gasteiger charge is -2.06. The first kappa shape index (κ1) is 13.8. The van der Waals surface area contributed by atoms with Gasteiger partial charge in [-0.15, -0.1) is 0 Å². The van der Waals surface area contributed by atoms with Crippen molar-refractivity contribution in [1.29, 1.82) is 0 Å². The maximum Gasteiger partial charge on any atom is 0.276 e. The number of anilines is 1. The SMILES string of the molecule is O=C(Nc1cnn([C@@H]2CCOC2)c1)c1cc(-c2ccco2)[nH]n1. The van der Waals surface area contributed by atoms with Crippen molar-refractivity contribution in [3.8, 4) is 11.5 Å². The van der Waals surface area contributed by atoms with Gasteiger partial charge in [0.2, 0.25) is 0 Å². The van der Waals surface area contributed by atoms with E-state index in [-0.39, 0.29) is 17.6 Å². The summed E-state index contributed by atoms with van der Waals surface area (Å²) in [5, 5.41) is 13.8. The van der Waals surface area contributed by atoms with Gasteiger partial charge in [-0.2, -0.15) is 10.2 Å². The average Bonchev–Trinajstić information content (AvgIpc) is 3.30. The molecule has 4 rings (SSSR count). The molecule has 0 unspecified atom stereocenters. The van der Waals surface area contributed by atoms with Gasteiger partial charge >= 0.3 is 0 Å². The Labute approximate surface area is 131 Å². The number of carbonyl (C=O) groups excluding carboxylic acids is 1. The van der Waals surface area contributed by atoms with Crippen LogP contribution >= 0.6 is 0 Å². The third-order valence-electron chi connectivity index (χ3n) is 3.74. The van der Waals surface area contributed by atoms with Gasteiger partial charge in [0.25, 0.3) is 5.91 Å². The van der Waals surface area contributed by atoms with E-state index in [9.17, 15) is 4.79 Å². The summed E-state index contributed by atoms with van der Waals surface area (Å²) < 4.78 is 12.4. The zero-order chi connectivity index (χ0) is 15.6. The van der Waals surface area contributed by atoms with Crippen LogP contribution in [0.25, 0.3) is 11.5 Å². The maximum absolute atomic E-state index is 12.2. The van der Waals surface area contributed by atoms with E-state index in [1.807, 2.05) is 4.68 Å². The quantitative estimate of drug-likeness (QED) is 0.768. The van der Waals surface area contributed by atoms with Crippen molar-refractivity contribution < 1.29 is 13.9 Å². The Bertz CT molecular complexity index is 799. The molecule has 1 aliphatic heterocycles. The van der Waals surface area contributed by atoms with Crippen LogP contribution in [-0.4, -0.2) is 39.1 Å². The van der Waals surface area contributed by atoms with Crippen LogP contribution in [0.3, 0.4) is 0 Å². The first-order chi connectivity index (χ1) is 11.3. The number of aromatic amines is 1. The molecule has 0 saturated carbocycles. The van der Waals surface area contributed by atoms with Crippen LogP contribution in [0.1, 0.15) is 23.0 Å². The number of ether oxygens (including phenoxy) is 1. The highest BCUT2D eigenvalue weighted by molar-refractivity contribution is 6.03. The number of hydrogen-bond donors (Lipinski definition) is 2. The second-order valence-electron chi connectivity index (χ2n) is 5.32. The third kappa shape index (κ3) is 2.76. The molecule has 8 nitrogen and oxygen atoms in total. The Balaban J connectivity index is 1.45. The van der Waals surface area contributed by atoms with Crippen LogP contribution in [0.15, 0.2) is 41.3 Å². The summed E-state index contributed by atoms with van der Waals surface area (Å²) in [6.45, 7) is 1.40. The average molecular weight is 313 g/mol. The van der Waals surface area contributed by atoms with Gasteiger partial charge in [-0.1, -0.05) is 0 Å². The summed E-state index contributed by atoms with van der Waals surface area (Å²) in [7, 11) is 0. The standard InChI is InChI=1S/C15H15N5O3/c21-15(13-6-12(18-19-13)14-2-1-4-23-14)17-10-7-16-20(8-10)11-3-5-22-9-11/h1-2,4,6-8,11H,3,5,9H2,(H,17,21)(H,18,19)/t11-/m1/s1. The van der Waals surface area contributed by atoms with Crippen molar-refractivity contribution in [3.05, 3.63) is 42.5 Å². The van der Waals surface area contributed by atoms with Gasteiger partial charge in [-0.25, -0.2) is 0 Å².